The minimum Gasteiger partial charge on any atom is -0.412 e. The summed E-state index contributed by atoms with van der Waals surface area (Å²) in [4.78, 5) is 0. The van der Waals surface area contributed by atoms with Crippen molar-refractivity contribution in [2.24, 2.45) is 0 Å². The van der Waals surface area contributed by atoms with Crippen molar-refractivity contribution in [3.05, 3.63) is 0 Å². The highest BCUT2D eigenvalue weighted by Gasteiger charge is 1.46. The molecule has 0 aliphatic heterocycles. The average Bonchev–Trinajstić information content (AvgIpc) is 3.04. The summed E-state index contributed by atoms with van der Waals surface area (Å²) < 4.78 is 0. The SMILES string of the molecule is ClCCl.ClCCl.ClCCl.ClCCl.ClCCl.ClCCl.ClCCl.ClCCl.ClCCl.ClCCl.ClCCl.ClCCl.ClCCl.ClCCl.ClCCl.ClCCl.ClCCl.ClCCl.O. The van der Waals surface area contributed by atoms with Gasteiger partial charge >= 0.3 is 0 Å². The number of rotatable bonds is 0. The van der Waals surface area contributed by atoms with E-state index < -0.39 is 0 Å². The van der Waals surface area contributed by atoms with Crippen LogP contribution in [0.1, 0.15) is 0 Å². The lowest BCUT2D eigenvalue weighted by Crippen LogP contribution is -1.24. The van der Waals surface area contributed by atoms with Crippen LogP contribution in [0.5, 0.6) is 0 Å². The summed E-state index contributed by atoms with van der Waals surface area (Å²) in [6.45, 7) is 0. The molecule has 0 amide bonds. The molecule has 0 heterocycles. The maximum atomic E-state index is 4.76. The Labute approximate surface area is 510 Å². The van der Waals surface area contributed by atoms with Crippen molar-refractivity contribution in [3.63, 3.8) is 0 Å². The Hall–Kier alpha value is 10.4. The van der Waals surface area contributed by atoms with Crippen LogP contribution in [-0.2, 0) is 0 Å². The van der Waals surface area contributed by atoms with Gasteiger partial charge in [-0.3, -0.25) is 0 Å². The van der Waals surface area contributed by atoms with E-state index in [0.717, 1.165) is 0 Å². The highest BCUT2D eigenvalue weighted by molar-refractivity contribution is 6.45. The van der Waals surface area contributed by atoms with E-state index in [-0.39, 0.29) is 102 Å². The van der Waals surface area contributed by atoms with Gasteiger partial charge in [0.05, 0.1) is 96.1 Å². The zero-order chi connectivity index (χ0) is 48.7. The molecule has 0 rings (SSSR count). The van der Waals surface area contributed by atoms with Crippen LogP contribution in [-0.4, -0.2) is 102 Å². The van der Waals surface area contributed by atoms with Crippen molar-refractivity contribution in [1.29, 1.82) is 0 Å². The largest absolute Gasteiger partial charge is 0.412 e. The Balaban J connectivity index is -0.0000000147. The van der Waals surface area contributed by atoms with Gasteiger partial charge in [-0.2, -0.15) is 0 Å². The molecule has 1 nitrogen and oxygen atoms in total. The van der Waals surface area contributed by atoms with Crippen LogP contribution in [0.15, 0.2) is 0 Å². The molecule has 0 aromatic rings. The van der Waals surface area contributed by atoms with Gasteiger partial charge in [0.15, 0.2) is 0 Å². The van der Waals surface area contributed by atoms with Crippen molar-refractivity contribution < 1.29 is 5.48 Å². The Bertz CT molecular complexity index is 132. The van der Waals surface area contributed by atoms with Crippen molar-refractivity contribution in [3.8, 4) is 0 Å². The Kier molecular flexibility index (Phi) is 735. The lowest BCUT2D eigenvalue weighted by atomic mass is 11.9. The first-order valence-corrected chi connectivity index (χ1v) is 28.9. The Morgan fingerprint density at radius 2 is 0.0909 bits per heavy atom. The summed E-state index contributed by atoms with van der Waals surface area (Å²) in [5.41, 5.74) is 0. The predicted octanol–water partition coefficient (Wildman–Crippen LogP) is 24.8. The summed E-state index contributed by atoms with van der Waals surface area (Å²) in [5, 5.41) is 3.50. The van der Waals surface area contributed by atoms with Gasteiger partial charge in [-0.25, -0.2) is 0 Å². The van der Waals surface area contributed by atoms with Crippen LogP contribution >= 0.6 is 418 Å². The first-order valence-electron chi connectivity index (χ1n) is 9.62. The Morgan fingerprint density at radius 1 is 0.0909 bits per heavy atom. The molecule has 0 fully saturated rings. The summed E-state index contributed by atoms with van der Waals surface area (Å²) >= 11 is 171. The lowest BCUT2D eigenvalue weighted by molar-refractivity contribution is 0.824. The minimum atomic E-state index is 0. The Morgan fingerprint density at radius 3 is 0.0909 bits per heavy atom. The third-order valence-electron chi connectivity index (χ3n) is 0. The van der Waals surface area contributed by atoms with Crippen molar-refractivity contribution in [1.82, 2.24) is 0 Å². The molecule has 0 aliphatic rings. The fourth-order valence-corrected chi connectivity index (χ4v) is 0. The molecule has 0 aromatic heterocycles. The molecular formula is C18H38Cl36O. The lowest BCUT2D eigenvalue weighted by Gasteiger charge is -1.42. The zero-order valence-electron chi connectivity index (χ0n) is 26.8. The van der Waals surface area contributed by atoms with Crippen molar-refractivity contribution in [2.75, 3.05) is 96.1 Å². The van der Waals surface area contributed by atoms with Gasteiger partial charge < -0.3 is 5.48 Å². The first kappa shape index (κ1) is 126. The molecule has 0 saturated heterocycles. The van der Waals surface area contributed by atoms with Crippen LogP contribution in [0.25, 0.3) is 0 Å². The highest BCUT2D eigenvalue weighted by Crippen LogP contribution is 1.78. The molecule has 0 saturated carbocycles. The monoisotopic (exact) mass is 1530 g/mol. The standard InChI is InChI=1S/18CH2Cl2.H2O/c18*2-1-3;/h18*1H2;1H2. The maximum Gasteiger partial charge on any atom is 0.0967 e. The second kappa shape index (κ2) is 321. The van der Waals surface area contributed by atoms with Crippen molar-refractivity contribution in [2.45, 2.75) is 0 Å². The third-order valence-corrected chi connectivity index (χ3v) is 0. The van der Waals surface area contributed by atoms with Gasteiger partial charge in [-0.1, -0.05) is 0 Å². The fourth-order valence-electron chi connectivity index (χ4n) is 0. The van der Waals surface area contributed by atoms with Gasteiger partial charge in [0.2, 0.25) is 0 Å². The number of alkyl halides is 36. The minimum absolute atomic E-state index is 0. The third kappa shape index (κ3) is 2320. The number of halogens is 36. The molecule has 0 bridgehead atoms. The number of hydrogen-bond donors (Lipinski definition) is 0. The summed E-state index contributed by atoms with van der Waals surface area (Å²) in [6.07, 6.45) is 0. The molecule has 0 spiro atoms. The second-order valence-corrected chi connectivity index (χ2v) is 16.4. The molecule has 0 atom stereocenters. The molecular weight excluding hydrogens is 1510 g/mol. The van der Waals surface area contributed by atoms with Crippen LogP contribution in [0.4, 0.5) is 0 Å². The van der Waals surface area contributed by atoms with E-state index in [1.165, 1.54) is 0 Å². The summed E-state index contributed by atoms with van der Waals surface area (Å²) in [6, 6.07) is 0. The van der Waals surface area contributed by atoms with E-state index in [1.807, 2.05) is 0 Å². The van der Waals surface area contributed by atoms with Gasteiger partial charge in [-0.15, -0.1) is 418 Å². The normalized spacial score (nSPS) is 5.89. The second-order valence-electron chi connectivity index (χ2n) is 1.82. The quantitative estimate of drug-likeness (QED) is 0.217. The smallest absolute Gasteiger partial charge is 0.0967 e. The van der Waals surface area contributed by atoms with Gasteiger partial charge in [0.1, 0.15) is 0 Å². The van der Waals surface area contributed by atoms with E-state index in [4.69, 9.17) is 418 Å². The van der Waals surface area contributed by atoms with Crippen LogP contribution in [0, 0.1) is 0 Å². The molecule has 368 valence electrons. The van der Waals surface area contributed by atoms with Crippen LogP contribution < -0.4 is 0 Å². The highest BCUT2D eigenvalue weighted by atomic mass is 35.6. The molecule has 0 aromatic carbocycles. The van der Waals surface area contributed by atoms with Crippen molar-refractivity contribution >= 4 is 418 Å². The van der Waals surface area contributed by atoms with Crippen LogP contribution in [0.2, 0.25) is 0 Å². The van der Waals surface area contributed by atoms with Gasteiger partial charge in [0.25, 0.3) is 0 Å². The zero-order valence-corrected chi connectivity index (χ0v) is 54.0. The molecule has 55 heavy (non-hydrogen) atoms. The molecule has 0 radical (unpaired) electrons. The summed E-state index contributed by atoms with van der Waals surface area (Å²) in [5.74, 6) is 0. The topological polar surface area (TPSA) is 31.5 Å². The fraction of sp³-hybridized carbons (Fsp3) is 1.00. The molecule has 0 aliphatic carbocycles. The predicted molar refractivity (Wildman–Crippen MR) is 302 cm³/mol. The number of hydrogen-bond acceptors (Lipinski definition) is 0. The summed E-state index contributed by atoms with van der Waals surface area (Å²) in [7, 11) is 0. The molecule has 37 heteroatoms. The van der Waals surface area contributed by atoms with Gasteiger partial charge in [-0.05, 0) is 0 Å². The van der Waals surface area contributed by atoms with Gasteiger partial charge in [0, 0.05) is 0 Å². The average molecular weight is 1550 g/mol. The van der Waals surface area contributed by atoms with E-state index in [1.54, 1.807) is 0 Å². The van der Waals surface area contributed by atoms with E-state index in [9.17, 15) is 0 Å². The van der Waals surface area contributed by atoms with E-state index in [2.05, 4.69) is 0 Å². The first-order chi connectivity index (χ1) is 25.5. The van der Waals surface area contributed by atoms with E-state index in [0.29, 0.717) is 0 Å². The van der Waals surface area contributed by atoms with Crippen LogP contribution in [0.3, 0.4) is 0 Å². The molecule has 2 N–H and O–H groups in total. The maximum absolute atomic E-state index is 4.76. The molecule has 0 unspecified atom stereocenters. The van der Waals surface area contributed by atoms with E-state index >= 15 is 0 Å².